The number of pyridine rings is 1. The number of nitrogens with two attached hydrogens (primary N) is 1. The van der Waals surface area contributed by atoms with E-state index in [1.54, 1.807) is 4.40 Å². The molecule has 0 spiro atoms. The third-order valence-electron chi connectivity index (χ3n) is 5.51. The first-order valence-electron chi connectivity index (χ1n) is 9.51. The molecule has 0 amide bonds. The van der Waals surface area contributed by atoms with Crippen molar-refractivity contribution >= 4 is 22.9 Å². The van der Waals surface area contributed by atoms with E-state index in [1.807, 2.05) is 18.3 Å². The predicted molar refractivity (Wildman–Crippen MR) is 105 cm³/mol. The highest BCUT2D eigenvalue weighted by molar-refractivity contribution is 6.03. The number of rotatable bonds is 4. The van der Waals surface area contributed by atoms with Gasteiger partial charge >= 0.3 is 0 Å². The Morgan fingerprint density at radius 2 is 1.79 bits per heavy atom. The second-order valence-electron chi connectivity index (χ2n) is 7.36. The molecule has 0 bridgehead atoms. The van der Waals surface area contributed by atoms with Gasteiger partial charge in [-0.25, -0.2) is 9.37 Å². The van der Waals surface area contributed by atoms with Crippen LogP contribution in [0.2, 0.25) is 0 Å². The lowest BCUT2D eigenvalue weighted by molar-refractivity contribution is 0.0952. The van der Waals surface area contributed by atoms with E-state index in [-0.39, 0.29) is 23.7 Å². The van der Waals surface area contributed by atoms with Crippen LogP contribution in [0.1, 0.15) is 16.9 Å². The number of alkyl halides is 1. The number of nitrogen functional groups attached to an aromatic ring is 1. The number of carbonyl (C=O) groups is 1. The van der Waals surface area contributed by atoms with Gasteiger partial charge in [-0.3, -0.25) is 9.20 Å². The van der Waals surface area contributed by atoms with E-state index < -0.39 is 12.1 Å². The average molecular weight is 380 g/mol. The zero-order chi connectivity index (χ0) is 19.3. The summed E-state index contributed by atoms with van der Waals surface area (Å²) < 4.78 is 20.5. The number of aromatic nitrogens is 2. The quantitative estimate of drug-likeness (QED) is 0.705. The summed E-state index contributed by atoms with van der Waals surface area (Å²) in [5.41, 5.74) is 9.98. The summed E-state index contributed by atoms with van der Waals surface area (Å²) in [4.78, 5) is 19.1. The number of morpholine rings is 1. The van der Waals surface area contributed by atoms with Crippen LogP contribution >= 0.6 is 0 Å². The fourth-order valence-corrected chi connectivity index (χ4v) is 3.78. The Morgan fingerprint density at radius 1 is 1.11 bits per heavy atom. The van der Waals surface area contributed by atoms with E-state index in [4.69, 9.17) is 10.5 Å². The first-order chi connectivity index (χ1) is 13.6. The molecule has 1 aromatic carbocycles. The summed E-state index contributed by atoms with van der Waals surface area (Å²) in [5, 5.41) is 0. The van der Waals surface area contributed by atoms with Crippen molar-refractivity contribution in [1.82, 2.24) is 9.38 Å². The van der Waals surface area contributed by atoms with Crippen molar-refractivity contribution in [3.05, 3.63) is 48.3 Å². The number of nitrogens with zero attached hydrogens (tertiary/aromatic N) is 3. The van der Waals surface area contributed by atoms with Crippen LogP contribution in [0.3, 0.4) is 0 Å². The lowest BCUT2D eigenvalue weighted by atomic mass is 10.1. The second kappa shape index (κ2) is 6.60. The van der Waals surface area contributed by atoms with Crippen molar-refractivity contribution in [3.8, 4) is 11.1 Å². The molecule has 28 heavy (non-hydrogen) atoms. The maximum Gasteiger partial charge on any atom is 0.189 e. The van der Waals surface area contributed by atoms with Gasteiger partial charge < -0.3 is 15.4 Å². The van der Waals surface area contributed by atoms with Crippen molar-refractivity contribution in [2.24, 2.45) is 5.92 Å². The Balaban J connectivity index is 1.48. The lowest BCUT2D eigenvalue weighted by Crippen LogP contribution is -2.36. The van der Waals surface area contributed by atoms with E-state index in [1.165, 1.54) is 5.69 Å². The summed E-state index contributed by atoms with van der Waals surface area (Å²) in [7, 11) is 0. The van der Waals surface area contributed by atoms with E-state index in [9.17, 15) is 9.18 Å². The molecule has 144 valence electrons. The van der Waals surface area contributed by atoms with Crippen molar-refractivity contribution in [2.45, 2.75) is 12.6 Å². The maximum absolute atomic E-state index is 13.4. The zero-order valence-corrected chi connectivity index (χ0v) is 15.3. The van der Waals surface area contributed by atoms with E-state index >= 15 is 0 Å². The number of benzene rings is 1. The summed E-state index contributed by atoms with van der Waals surface area (Å²) in [6.45, 7) is 3.28. The van der Waals surface area contributed by atoms with E-state index in [0.717, 1.165) is 37.4 Å². The van der Waals surface area contributed by atoms with Gasteiger partial charge in [0.1, 0.15) is 17.5 Å². The Kier molecular flexibility index (Phi) is 4.05. The SMILES string of the molecule is Nc1nc2ccc(-c3ccc(N4CCOCC4)cc3)cn2c1C(=O)[C@@H]1C[C@@H]1F. The smallest absolute Gasteiger partial charge is 0.189 e. The van der Waals surface area contributed by atoms with Gasteiger partial charge in [-0.05, 0) is 41.8 Å². The standard InChI is InChI=1S/C21H21FN4O2/c22-17-11-16(17)20(27)19-21(23)24-18-6-3-14(12-26(18)19)13-1-4-15(5-2-13)25-7-9-28-10-8-25/h1-6,12,16-17H,7-11,23H2/t16-,17+/m1/s1. The molecule has 1 aliphatic heterocycles. The molecule has 1 saturated carbocycles. The van der Waals surface area contributed by atoms with Crippen LogP contribution in [0.4, 0.5) is 15.9 Å². The van der Waals surface area contributed by atoms with Crippen LogP contribution in [0.25, 0.3) is 16.8 Å². The molecule has 2 fully saturated rings. The van der Waals surface area contributed by atoms with Gasteiger partial charge in [-0.15, -0.1) is 0 Å². The number of ketones is 1. The summed E-state index contributed by atoms with van der Waals surface area (Å²) in [5.74, 6) is -0.695. The number of hydrogen-bond donors (Lipinski definition) is 1. The van der Waals surface area contributed by atoms with Crippen molar-refractivity contribution in [1.29, 1.82) is 0 Å². The van der Waals surface area contributed by atoms with Gasteiger partial charge in [0.2, 0.25) is 0 Å². The van der Waals surface area contributed by atoms with Crippen molar-refractivity contribution in [3.63, 3.8) is 0 Å². The van der Waals surface area contributed by atoms with E-state index in [2.05, 4.69) is 34.1 Å². The molecule has 1 saturated heterocycles. The van der Waals surface area contributed by atoms with Crippen LogP contribution < -0.4 is 10.6 Å². The molecule has 5 rings (SSSR count). The largest absolute Gasteiger partial charge is 0.382 e. The van der Waals surface area contributed by atoms with Crippen LogP contribution in [0.5, 0.6) is 0 Å². The molecule has 0 unspecified atom stereocenters. The number of hydrogen-bond acceptors (Lipinski definition) is 5. The predicted octanol–water partition coefficient (Wildman–Crippen LogP) is 2.96. The lowest BCUT2D eigenvalue weighted by Gasteiger charge is -2.28. The zero-order valence-electron chi connectivity index (χ0n) is 15.3. The van der Waals surface area contributed by atoms with Crippen molar-refractivity contribution in [2.75, 3.05) is 36.9 Å². The number of ether oxygens (including phenoxy) is 1. The van der Waals surface area contributed by atoms with Gasteiger partial charge in [-0.2, -0.15) is 0 Å². The van der Waals surface area contributed by atoms with Gasteiger partial charge in [0.05, 0.1) is 19.1 Å². The number of Topliss-reactive ketones (excluding diaryl/α,β-unsaturated/α-hetero) is 1. The monoisotopic (exact) mass is 380 g/mol. The molecule has 1 aliphatic carbocycles. The average Bonchev–Trinajstić information content (AvgIpc) is 3.37. The van der Waals surface area contributed by atoms with Crippen LogP contribution in [-0.4, -0.2) is 47.6 Å². The highest BCUT2D eigenvalue weighted by Gasteiger charge is 2.45. The Morgan fingerprint density at radius 3 is 2.46 bits per heavy atom. The molecule has 2 aliphatic rings. The Hall–Kier alpha value is -2.93. The molecule has 3 heterocycles. The van der Waals surface area contributed by atoms with Crippen LogP contribution in [0, 0.1) is 5.92 Å². The highest BCUT2D eigenvalue weighted by Crippen LogP contribution is 2.38. The Bertz CT molecular complexity index is 1040. The summed E-state index contributed by atoms with van der Waals surface area (Å²) in [6, 6.07) is 12.1. The van der Waals surface area contributed by atoms with Crippen LogP contribution in [0.15, 0.2) is 42.6 Å². The number of imidazole rings is 1. The number of carbonyl (C=O) groups excluding carboxylic acids is 1. The minimum Gasteiger partial charge on any atom is -0.382 e. The molecule has 7 heteroatoms. The normalized spacial score (nSPS) is 21.8. The Labute approximate surface area is 161 Å². The number of fused-ring (bicyclic) bond motifs is 1. The van der Waals surface area contributed by atoms with Gasteiger partial charge in [0.25, 0.3) is 0 Å². The first-order valence-corrected chi connectivity index (χ1v) is 9.51. The first kappa shape index (κ1) is 17.2. The third kappa shape index (κ3) is 2.92. The maximum atomic E-state index is 13.4. The fourth-order valence-electron chi connectivity index (χ4n) is 3.78. The molecule has 2 N–H and O–H groups in total. The molecule has 0 radical (unpaired) electrons. The van der Waals surface area contributed by atoms with Crippen LogP contribution in [-0.2, 0) is 4.74 Å². The summed E-state index contributed by atoms with van der Waals surface area (Å²) >= 11 is 0. The highest BCUT2D eigenvalue weighted by atomic mass is 19.1. The second-order valence-corrected chi connectivity index (χ2v) is 7.36. The number of halogens is 1. The minimum atomic E-state index is -1.06. The molecule has 2 aromatic heterocycles. The minimum absolute atomic E-state index is 0.156. The van der Waals surface area contributed by atoms with Crippen molar-refractivity contribution < 1.29 is 13.9 Å². The molecular formula is C21H21FN4O2. The van der Waals surface area contributed by atoms with Gasteiger partial charge in [0, 0.05) is 25.0 Å². The third-order valence-corrected chi connectivity index (χ3v) is 5.51. The molecule has 6 nitrogen and oxygen atoms in total. The van der Waals surface area contributed by atoms with Gasteiger partial charge in [0.15, 0.2) is 11.6 Å². The van der Waals surface area contributed by atoms with E-state index in [0.29, 0.717) is 5.65 Å². The molecule has 2 atom stereocenters. The fraction of sp³-hybridized carbons (Fsp3) is 0.333. The summed E-state index contributed by atoms with van der Waals surface area (Å²) in [6.07, 6.45) is 1.06. The topological polar surface area (TPSA) is 72.9 Å². The van der Waals surface area contributed by atoms with Gasteiger partial charge in [-0.1, -0.05) is 12.1 Å². The number of anilines is 2. The molecule has 3 aromatic rings. The molecular weight excluding hydrogens is 359 g/mol.